The largest absolute Gasteiger partial charge is 0.496 e. The smallest absolute Gasteiger partial charge is 0.222 e. The summed E-state index contributed by atoms with van der Waals surface area (Å²) in [6.45, 7) is 6.34. The van der Waals surface area contributed by atoms with E-state index in [9.17, 15) is 4.79 Å². The SMILES string of the molecule is COc1ccccc1CCC(=O)N1CCC(CN2CCC3(CCCCO3)CC2)CC1. The molecule has 0 bridgehead atoms. The number of para-hydroxylation sites is 1. The maximum Gasteiger partial charge on any atom is 0.222 e. The molecular formula is C25H38N2O3. The molecular weight excluding hydrogens is 376 g/mol. The number of hydrogen-bond acceptors (Lipinski definition) is 4. The van der Waals surface area contributed by atoms with E-state index in [1.54, 1.807) is 7.11 Å². The summed E-state index contributed by atoms with van der Waals surface area (Å²) in [4.78, 5) is 17.4. The minimum absolute atomic E-state index is 0.200. The molecule has 30 heavy (non-hydrogen) atoms. The van der Waals surface area contributed by atoms with Gasteiger partial charge in [-0.2, -0.15) is 0 Å². The van der Waals surface area contributed by atoms with Crippen molar-refractivity contribution in [2.24, 2.45) is 5.92 Å². The first-order valence-corrected chi connectivity index (χ1v) is 11.9. The van der Waals surface area contributed by atoms with E-state index in [1.807, 2.05) is 18.2 Å². The van der Waals surface area contributed by atoms with Crippen LogP contribution < -0.4 is 4.74 Å². The zero-order chi connectivity index (χ0) is 20.8. The van der Waals surface area contributed by atoms with Crippen LogP contribution in [0.5, 0.6) is 5.75 Å². The van der Waals surface area contributed by atoms with Crippen molar-refractivity contribution in [1.82, 2.24) is 9.80 Å². The first-order valence-electron chi connectivity index (χ1n) is 11.9. The standard InChI is InChI=1S/C25H38N2O3/c1-29-23-7-3-2-6-22(23)8-9-24(28)27-15-10-21(11-16-27)20-26-17-13-25(14-18-26)12-4-5-19-30-25/h2-3,6-7,21H,4-5,8-20H2,1H3. The number of ether oxygens (including phenoxy) is 2. The summed E-state index contributed by atoms with van der Waals surface area (Å²) in [6.07, 6.45) is 9.83. The van der Waals surface area contributed by atoms with Crippen molar-refractivity contribution in [3.8, 4) is 5.75 Å². The van der Waals surface area contributed by atoms with Crippen LogP contribution in [-0.4, -0.2) is 67.7 Å². The third kappa shape index (κ3) is 5.36. The molecule has 1 amide bonds. The summed E-state index contributed by atoms with van der Waals surface area (Å²) in [5, 5.41) is 0. The third-order valence-electron chi connectivity index (χ3n) is 7.49. The van der Waals surface area contributed by atoms with Gasteiger partial charge in [-0.25, -0.2) is 0 Å². The van der Waals surface area contributed by atoms with Gasteiger partial charge < -0.3 is 19.3 Å². The Morgan fingerprint density at radius 3 is 2.57 bits per heavy atom. The van der Waals surface area contributed by atoms with Gasteiger partial charge in [-0.05, 0) is 68.9 Å². The summed E-state index contributed by atoms with van der Waals surface area (Å²) in [5.41, 5.74) is 1.32. The zero-order valence-electron chi connectivity index (χ0n) is 18.6. The predicted octanol–water partition coefficient (Wildman–Crippen LogP) is 3.90. The number of carbonyl (C=O) groups excluding carboxylic acids is 1. The van der Waals surface area contributed by atoms with Crippen molar-refractivity contribution >= 4 is 5.91 Å². The number of nitrogens with zero attached hydrogens (tertiary/aromatic N) is 2. The zero-order valence-corrected chi connectivity index (χ0v) is 18.6. The molecule has 166 valence electrons. The molecule has 3 aliphatic rings. The number of rotatable bonds is 6. The first kappa shape index (κ1) is 21.6. The monoisotopic (exact) mass is 414 g/mol. The molecule has 1 aromatic carbocycles. The van der Waals surface area contributed by atoms with Gasteiger partial charge >= 0.3 is 0 Å². The van der Waals surface area contributed by atoms with Crippen molar-refractivity contribution in [1.29, 1.82) is 0 Å². The highest BCUT2D eigenvalue weighted by Crippen LogP contribution is 2.35. The van der Waals surface area contributed by atoms with Gasteiger partial charge in [0, 0.05) is 45.8 Å². The molecule has 3 saturated heterocycles. The molecule has 3 aliphatic heterocycles. The Kier molecular flexibility index (Phi) is 7.32. The normalized spacial score (nSPS) is 22.9. The number of likely N-dealkylation sites (tertiary alicyclic amines) is 2. The molecule has 1 aromatic rings. The van der Waals surface area contributed by atoms with Crippen LogP contribution in [-0.2, 0) is 16.0 Å². The van der Waals surface area contributed by atoms with Crippen molar-refractivity contribution < 1.29 is 14.3 Å². The maximum atomic E-state index is 12.7. The number of methoxy groups -OCH3 is 1. The molecule has 1 spiro atoms. The van der Waals surface area contributed by atoms with Gasteiger partial charge in [0.15, 0.2) is 0 Å². The van der Waals surface area contributed by atoms with Crippen LogP contribution in [0, 0.1) is 5.92 Å². The lowest BCUT2D eigenvalue weighted by molar-refractivity contribution is -0.133. The fourth-order valence-corrected chi connectivity index (χ4v) is 5.49. The van der Waals surface area contributed by atoms with E-state index >= 15 is 0 Å². The topological polar surface area (TPSA) is 42.0 Å². The van der Waals surface area contributed by atoms with E-state index in [1.165, 1.54) is 51.7 Å². The lowest BCUT2D eigenvalue weighted by Gasteiger charge is -2.45. The van der Waals surface area contributed by atoms with Crippen LogP contribution in [0.4, 0.5) is 0 Å². The molecule has 4 rings (SSSR count). The van der Waals surface area contributed by atoms with E-state index in [2.05, 4.69) is 15.9 Å². The third-order valence-corrected chi connectivity index (χ3v) is 7.49. The quantitative estimate of drug-likeness (QED) is 0.708. The number of benzene rings is 1. The van der Waals surface area contributed by atoms with Crippen LogP contribution in [0.1, 0.15) is 56.9 Å². The Hall–Kier alpha value is -1.59. The number of amides is 1. The first-order chi connectivity index (χ1) is 14.7. The molecule has 0 unspecified atom stereocenters. The van der Waals surface area contributed by atoms with Crippen LogP contribution in [0.3, 0.4) is 0 Å². The second-order valence-electron chi connectivity index (χ2n) is 9.43. The molecule has 0 aromatic heterocycles. The maximum absolute atomic E-state index is 12.7. The van der Waals surface area contributed by atoms with Gasteiger partial charge in [0.05, 0.1) is 12.7 Å². The fourth-order valence-electron chi connectivity index (χ4n) is 5.49. The summed E-state index contributed by atoms with van der Waals surface area (Å²) >= 11 is 0. The lowest BCUT2D eigenvalue weighted by Crippen LogP contribution is -2.49. The van der Waals surface area contributed by atoms with Crippen molar-refractivity contribution in [2.45, 2.75) is 63.4 Å². The van der Waals surface area contributed by atoms with Crippen LogP contribution >= 0.6 is 0 Å². The Balaban J connectivity index is 1.16. The van der Waals surface area contributed by atoms with Crippen molar-refractivity contribution in [3.63, 3.8) is 0 Å². The van der Waals surface area contributed by atoms with Gasteiger partial charge in [0.1, 0.15) is 5.75 Å². The average molecular weight is 415 g/mol. The summed E-state index contributed by atoms with van der Waals surface area (Å²) in [6, 6.07) is 8.00. The van der Waals surface area contributed by atoms with Gasteiger partial charge in [-0.1, -0.05) is 18.2 Å². The van der Waals surface area contributed by atoms with E-state index in [0.29, 0.717) is 6.42 Å². The molecule has 5 heteroatoms. The highest BCUT2D eigenvalue weighted by atomic mass is 16.5. The number of hydrogen-bond donors (Lipinski definition) is 0. The van der Waals surface area contributed by atoms with Gasteiger partial charge in [0.2, 0.25) is 5.91 Å². The minimum Gasteiger partial charge on any atom is -0.496 e. The molecule has 0 saturated carbocycles. The second kappa shape index (κ2) is 10.1. The number of carbonyl (C=O) groups is 1. The van der Waals surface area contributed by atoms with Gasteiger partial charge in [-0.3, -0.25) is 4.79 Å². The molecule has 0 radical (unpaired) electrons. The Labute approximate surface area is 181 Å². The highest BCUT2D eigenvalue weighted by molar-refractivity contribution is 5.76. The van der Waals surface area contributed by atoms with E-state index in [4.69, 9.17) is 9.47 Å². The second-order valence-corrected chi connectivity index (χ2v) is 9.43. The average Bonchev–Trinajstić information content (AvgIpc) is 2.80. The molecule has 0 aliphatic carbocycles. The predicted molar refractivity (Wildman–Crippen MR) is 119 cm³/mol. The van der Waals surface area contributed by atoms with Crippen molar-refractivity contribution in [3.05, 3.63) is 29.8 Å². The van der Waals surface area contributed by atoms with E-state index in [0.717, 1.165) is 56.2 Å². The van der Waals surface area contributed by atoms with E-state index < -0.39 is 0 Å². The van der Waals surface area contributed by atoms with Crippen LogP contribution in [0.25, 0.3) is 0 Å². The summed E-state index contributed by atoms with van der Waals surface area (Å²) in [7, 11) is 1.69. The van der Waals surface area contributed by atoms with Crippen LogP contribution in [0.2, 0.25) is 0 Å². The Bertz CT molecular complexity index is 683. The number of piperidine rings is 2. The molecule has 0 N–H and O–H groups in total. The summed E-state index contributed by atoms with van der Waals surface area (Å²) in [5.74, 6) is 1.89. The molecule has 0 atom stereocenters. The minimum atomic E-state index is 0.200. The van der Waals surface area contributed by atoms with Gasteiger partial charge in [-0.15, -0.1) is 0 Å². The highest BCUT2D eigenvalue weighted by Gasteiger charge is 2.37. The van der Waals surface area contributed by atoms with Crippen LogP contribution in [0.15, 0.2) is 24.3 Å². The Morgan fingerprint density at radius 2 is 1.87 bits per heavy atom. The molecule has 3 heterocycles. The molecule has 3 fully saturated rings. The summed E-state index contributed by atoms with van der Waals surface area (Å²) < 4.78 is 11.6. The lowest BCUT2D eigenvalue weighted by atomic mass is 9.84. The Morgan fingerprint density at radius 1 is 1.10 bits per heavy atom. The fraction of sp³-hybridized carbons (Fsp3) is 0.720. The molecule has 5 nitrogen and oxygen atoms in total. The van der Waals surface area contributed by atoms with Crippen molar-refractivity contribution in [2.75, 3.05) is 46.4 Å². The van der Waals surface area contributed by atoms with E-state index in [-0.39, 0.29) is 11.5 Å². The van der Waals surface area contributed by atoms with Gasteiger partial charge in [0.25, 0.3) is 0 Å². The number of aryl methyl sites for hydroxylation is 1.